The molecule has 1 saturated heterocycles. The Morgan fingerprint density at radius 1 is 1.26 bits per heavy atom. The molecule has 0 radical (unpaired) electrons. The van der Waals surface area contributed by atoms with Crippen molar-refractivity contribution in [1.82, 2.24) is 5.32 Å². The average Bonchev–Trinajstić information content (AvgIpc) is 2.86. The third kappa shape index (κ3) is 4.90. The maximum atomic E-state index is 12.3. The molecular weight excluding hydrogens is 381 g/mol. The van der Waals surface area contributed by atoms with Gasteiger partial charge in [0.1, 0.15) is 18.8 Å². The van der Waals surface area contributed by atoms with Crippen LogP contribution in [0, 0.1) is 10.1 Å². The van der Waals surface area contributed by atoms with Crippen molar-refractivity contribution in [2.45, 2.75) is 30.7 Å². The lowest BCUT2D eigenvalue weighted by Gasteiger charge is -2.21. The lowest BCUT2D eigenvalue weighted by molar-refractivity contribution is -0.384. The Labute approximate surface area is 148 Å². The molecule has 13 heteroatoms. The number of nitrogens with zero attached hydrogens (tertiary/aromatic N) is 1. The van der Waals surface area contributed by atoms with E-state index in [0.717, 1.165) is 24.3 Å². The van der Waals surface area contributed by atoms with Crippen LogP contribution in [0.3, 0.4) is 0 Å². The summed E-state index contributed by atoms with van der Waals surface area (Å²) in [4.78, 5) is 32.8. The number of benzene rings is 1. The van der Waals surface area contributed by atoms with E-state index in [1.54, 1.807) is 0 Å². The molecule has 4 unspecified atom stereocenters. The van der Waals surface area contributed by atoms with Crippen LogP contribution in [0.25, 0.3) is 0 Å². The number of ether oxygens (including phenoxy) is 2. The van der Waals surface area contributed by atoms with Gasteiger partial charge in [-0.15, -0.1) is 0 Å². The Hall–Kier alpha value is -2.77. The van der Waals surface area contributed by atoms with Gasteiger partial charge >= 0.3 is 18.1 Å². The van der Waals surface area contributed by atoms with Gasteiger partial charge in [-0.3, -0.25) is 14.9 Å². The fourth-order valence-electron chi connectivity index (χ4n) is 2.26. The second-order valence-corrected chi connectivity index (χ2v) is 5.46. The molecule has 0 bridgehead atoms. The maximum absolute atomic E-state index is 12.3. The van der Waals surface area contributed by atoms with Gasteiger partial charge in [-0.05, 0) is 12.1 Å². The molecule has 27 heavy (non-hydrogen) atoms. The van der Waals surface area contributed by atoms with Gasteiger partial charge in [0.15, 0.2) is 6.29 Å². The molecule has 1 aliphatic heterocycles. The van der Waals surface area contributed by atoms with E-state index in [1.165, 1.54) is 5.32 Å². The second kappa shape index (κ2) is 7.85. The SMILES string of the molecule is O=C(OCC1OC(O)C(O)C1NC(=O)C(F)(F)F)c1ccc([N+](=O)[O-])cc1. The largest absolute Gasteiger partial charge is 0.471 e. The molecule has 3 N–H and O–H groups in total. The van der Waals surface area contributed by atoms with Gasteiger partial charge in [0.05, 0.1) is 16.5 Å². The van der Waals surface area contributed by atoms with Crippen molar-refractivity contribution in [2.24, 2.45) is 0 Å². The lowest BCUT2D eigenvalue weighted by Crippen LogP contribution is -2.52. The summed E-state index contributed by atoms with van der Waals surface area (Å²) in [6.45, 7) is -0.702. The smallest absolute Gasteiger partial charge is 0.459 e. The number of hydrogen-bond acceptors (Lipinski definition) is 8. The topological polar surface area (TPSA) is 148 Å². The minimum absolute atomic E-state index is 0.0874. The van der Waals surface area contributed by atoms with E-state index >= 15 is 0 Å². The summed E-state index contributed by atoms with van der Waals surface area (Å²) in [6.07, 6.45) is -10.5. The summed E-state index contributed by atoms with van der Waals surface area (Å²) in [6, 6.07) is 2.61. The predicted molar refractivity (Wildman–Crippen MR) is 78.3 cm³/mol. The number of aliphatic hydroxyl groups excluding tert-OH is 2. The standard InChI is InChI=1S/C14H13F3N2O8/c15-14(16,17)13(23)18-9-8(27-12(22)10(9)20)5-26-11(21)6-1-3-7(4-2-6)19(24)25/h1-4,8-10,12,20,22H,5H2,(H,18,23). The number of rotatable bonds is 5. The molecule has 1 aromatic rings. The van der Waals surface area contributed by atoms with Crippen molar-refractivity contribution in [3.63, 3.8) is 0 Å². The average molecular weight is 394 g/mol. The highest BCUT2D eigenvalue weighted by Gasteiger charge is 2.48. The van der Waals surface area contributed by atoms with E-state index in [0.29, 0.717) is 0 Å². The van der Waals surface area contributed by atoms with Crippen molar-refractivity contribution in [3.05, 3.63) is 39.9 Å². The van der Waals surface area contributed by atoms with Crippen molar-refractivity contribution in [1.29, 1.82) is 0 Å². The minimum Gasteiger partial charge on any atom is -0.459 e. The highest BCUT2D eigenvalue weighted by molar-refractivity contribution is 5.89. The number of esters is 1. The summed E-state index contributed by atoms with van der Waals surface area (Å²) in [5.41, 5.74) is -0.359. The van der Waals surface area contributed by atoms with Crippen LogP contribution in [0.5, 0.6) is 0 Å². The Morgan fingerprint density at radius 2 is 1.85 bits per heavy atom. The predicted octanol–water partition coefficient (Wildman–Crippen LogP) is -0.123. The molecule has 10 nitrogen and oxygen atoms in total. The third-order valence-corrected chi connectivity index (χ3v) is 3.62. The monoisotopic (exact) mass is 394 g/mol. The molecule has 0 aliphatic carbocycles. The van der Waals surface area contributed by atoms with Gasteiger partial charge in [0.2, 0.25) is 0 Å². The van der Waals surface area contributed by atoms with Crippen molar-refractivity contribution in [2.75, 3.05) is 6.61 Å². The number of nitrogens with one attached hydrogen (secondary N) is 1. The highest BCUT2D eigenvalue weighted by Crippen LogP contribution is 2.23. The molecule has 0 aromatic heterocycles. The number of carbonyl (C=O) groups is 2. The van der Waals surface area contributed by atoms with E-state index in [2.05, 4.69) is 0 Å². The van der Waals surface area contributed by atoms with Gasteiger partial charge in [-0.1, -0.05) is 0 Å². The zero-order valence-electron chi connectivity index (χ0n) is 13.3. The van der Waals surface area contributed by atoms with Crippen LogP contribution in [0.4, 0.5) is 18.9 Å². The second-order valence-electron chi connectivity index (χ2n) is 5.46. The first-order valence-electron chi connectivity index (χ1n) is 7.31. The Bertz CT molecular complexity index is 724. The van der Waals surface area contributed by atoms with Crippen LogP contribution in [0.15, 0.2) is 24.3 Å². The molecule has 4 atom stereocenters. The number of hydrogen-bond donors (Lipinski definition) is 3. The lowest BCUT2D eigenvalue weighted by atomic mass is 10.1. The zero-order valence-corrected chi connectivity index (χ0v) is 13.3. The van der Waals surface area contributed by atoms with Gasteiger partial charge in [0.25, 0.3) is 5.69 Å². The minimum atomic E-state index is -5.23. The third-order valence-electron chi connectivity index (χ3n) is 3.62. The Morgan fingerprint density at radius 3 is 2.37 bits per heavy atom. The molecule has 1 fully saturated rings. The van der Waals surface area contributed by atoms with E-state index in [4.69, 9.17) is 9.47 Å². The highest BCUT2D eigenvalue weighted by atomic mass is 19.4. The summed E-state index contributed by atoms with van der Waals surface area (Å²) in [5.74, 6) is -3.35. The van der Waals surface area contributed by atoms with Crippen molar-refractivity contribution < 1.29 is 47.4 Å². The van der Waals surface area contributed by atoms with Crippen LogP contribution >= 0.6 is 0 Å². The number of alkyl halides is 3. The number of aliphatic hydroxyl groups is 2. The molecule has 1 heterocycles. The first-order chi connectivity index (χ1) is 12.5. The van der Waals surface area contributed by atoms with Crippen LogP contribution in [0.1, 0.15) is 10.4 Å². The summed E-state index contributed by atoms with van der Waals surface area (Å²) < 4.78 is 46.7. The van der Waals surface area contributed by atoms with Gasteiger partial charge < -0.3 is 25.0 Å². The number of amides is 1. The molecule has 1 amide bonds. The summed E-state index contributed by atoms with van der Waals surface area (Å²) in [7, 11) is 0. The van der Waals surface area contributed by atoms with Crippen LogP contribution < -0.4 is 5.32 Å². The van der Waals surface area contributed by atoms with E-state index in [9.17, 15) is 43.1 Å². The quantitative estimate of drug-likeness (QED) is 0.356. The molecular formula is C14H13F3N2O8. The maximum Gasteiger partial charge on any atom is 0.471 e. The summed E-state index contributed by atoms with van der Waals surface area (Å²) in [5, 5.41) is 31.1. The first kappa shape index (κ1) is 20.5. The normalized spacial score (nSPS) is 25.1. The van der Waals surface area contributed by atoms with Gasteiger partial charge in [-0.2, -0.15) is 13.2 Å². The molecule has 0 spiro atoms. The fourth-order valence-corrected chi connectivity index (χ4v) is 2.26. The molecule has 1 aromatic carbocycles. The van der Waals surface area contributed by atoms with E-state index in [1.807, 2.05) is 0 Å². The molecule has 0 saturated carbocycles. The number of nitro benzene ring substituents is 1. The van der Waals surface area contributed by atoms with Crippen LogP contribution in [0.2, 0.25) is 0 Å². The molecule has 148 valence electrons. The number of nitro groups is 1. The van der Waals surface area contributed by atoms with Crippen LogP contribution in [-0.2, 0) is 14.3 Å². The molecule has 1 aliphatic rings. The Balaban J connectivity index is 2.00. The molecule has 2 rings (SSSR count). The van der Waals surface area contributed by atoms with Gasteiger partial charge in [0, 0.05) is 12.1 Å². The zero-order chi connectivity index (χ0) is 20.4. The van der Waals surface area contributed by atoms with Crippen molar-refractivity contribution in [3.8, 4) is 0 Å². The summed E-state index contributed by atoms with van der Waals surface area (Å²) >= 11 is 0. The number of halogens is 3. The van der Waals surface area contributed by atoms with E-state index in [-0.39, 0.29) is 11.3 Å². The first-order valence-corrected chi connectivity index (χ1v) is 7.31. The van der Waals surface area contributed by atoms with Crippen LogP contribution in [-0.4, -0.2) is 64.3 Å². The fraction of sp³-hybridized carbons (Fsp3) is 0.429. The number of non-ortho nitro benzene ring substituents is 1. The van der Waals surface area contributed by atoms with Gasteiger partial charge in [-0.25, -0.2) is 4.79 Å². The Kier molecular flexibility index (Phi) is 5.98. The van der Waals surface area contributed by atoms with Crippen molar-refractivity contribution >= 4 is 17.6 Å². The number of carbonyl (C=O) groups excluding carboxylic acids is 2. The van der Waals surface area contributed by atoms with E-state index < -0.39 is 54.1 Å².